The minimum Gasteiger partial charge on any atom is -0.479 e. The molecule has 1 heterocycles. The molecule has 1 N–H and O–H groups in total. The van der Waals surface area contributed by atoms with E-state index in [1.54, 1.807) is 19.1 Å². The number of halogens is 2. The molecule has 1 aromatic carbocycles. The lowest BCUT2D eigenvalue weighted by Gasteiger charge is -2.20. The van der Waals surface area contributed by atoms with Crippen molar-refractivity contribution in [2.24, 2.45) is 0 Å². The maximum absolute atomic E-state index is 12.4. The van der Waals surface area contributed by atoms with Gasteiger partial charge in [-0.05, 0) is 36.6 Å². The van der Waals surface area contributed by atoms with E-state index in [2.05, 4.69) is 5.32 Å². The van der Waals surface area contributed by atoms with Crippen LogP contribution >= 0.6 is 34.5 Å². The molecule has 0 spiro atoms. The van der Waals surface area contributed by atoms with E-state index in [4.69, 9.17) is 32.7 Å². The van der Waals surface area contributed by atoms with E-state index < -0.39 is 18.1 Å². The van der Waals surface area contributed by atoms with Crippen LogP contribution in [0.5, 0.6) is 5.75 Å². The van der Waals surface area contributed by atoms with Gasteiger partial charge in [0, 0.05) is 9.90 Å². The number of benzene rings is 1. The molecule has 0 saturated heterocycles. The molecule has 0 aliphatic rings. The second-order valence-corrected chi connectivity index (χ2v) is 7.01. The van der Waals surface area contributed by atoms with E-state index in [9.17, 15) is 9.59 Å². The van der Waals surface area contributed by atoms with E-state index in [0.717, 1.165) is 4.88 Å². The van der Waals surface area contributed by atoms with Crippen LogP contribution in [0.2, 0.25) is 10.0 Å². The molecule has 0 aliphatic carbocycles. The summed E-state index contributed by atoms with van der Waals surface area (Å²) >= 11 is 13.3. The summed E-state index contributed by atoms with van der Waals surface area (Å²) in [5, 5.41) is 5.48. The Labute approximate surface area is 159 Å². The van der Waals surface area contributed by atoms with Gasteiger partial charge in [-0.15, -0.1) is 11.3 Å². The highest BCUT2D eigenvalue weighted by molar-refractivity contribution is 7.10. The Balaban J connectivity index is 2.05. The van der Waals surface area contributed by atoms with Gasteiger partial charge < -0.3 is 14.8 Å². The zero-order chi connectivity index (χ0) is 18.4. The monoisotopic (exact) mass is 401 g/mol. The summed E-state index contributed by atoms with van der Waals surface area (Å²) in [5.41, 5.74) is 0. The van der Waals surface area contributed by atoms with Gasteiger partial charge in [0.2, 0.25) is 0 Å². The van der Waals surface area contributed by atoms with Gasteiger partial charge in [0.05, 0.1) is 24.6 Å². The van der Waals surface area contributed by atoms with Gasteiger partial charge in [0.1, 0.15) is 5.75 Å². The zero-order valence-electron chi connectivity index (χ0n) is 13.6. The number of carbonyl (C=O) groups is 2. The fourth-order valence-corrected chi connectivity index (χ4v) is 3.30. The van der Waals surface area contributed by atoms with Crippen LogP contribution in [0.15, 0.2) is 35.7 Å². The fourth-order valence-electron chi connectivity index (χ4n) is 2.07. The number of hydrogen-bond acceptors (Lipinski definition) is 5. The zero-order valence-corrected chi connectivity index (χ0v) is 16.0. The average molecular weight is 402 g/mol. The van der Waals surface area contributed by atoms with Crippen molar-refractivity contribution in [2.45, 2.75) is 25.5 Å². The third kappa shape index (κ3) is 5.63. The number of hydrogen-bond donors (Lipinski definition) is 1. The maximum Gasteiger partial charge on any atom is 0.307 e. The first-order chi connectivity index (χ1) is 11.9. The molecule has 0 fully saturated rings. The number of amides is 1. The molecule has 0 bridgehead atoms. The molecule has 2 atom stereocenters. The van der Waals surface area contributed by atoms with Gasteiger partial charge >= 0.3 is 5.97 Å². The number of rotatable bonds is 7. The van der Waals surface area contributed by atoms with E-state index >= 15 is 0 Å². The van der Waals surface area contributed by atoms with Crippen LogP contribution in [-0.2, 0) is 14.3 Å². The molecule has 2 aromatic rings. The molecule has 0 saturated carbocycles. The quantitative estimate of drug-likeness (QED) is 0.704. The molecule has 1 amide bonds. The largest absolute Gasteiger partial charge is 0.479 e. The molecular formula is C17H17Cl2NO4S. The normalized spacial score (nSPS) is 13.0. The molecule has 134 valence electrons. The van der Waals surface area contributed by atoms with Crippen molar-refractivity contribution in [1.82, 2.24) is 5.32 Å². The number of nitrogens with one attached hydrogen (secondary N) is 1. The van der Waals surface area contributed by atoms with Gasteiger partial charge in [-0.3, -0.25) is 9.59 Å². The molecule has 1 aromatic heterocycles. The lowest BCUT2D eigenvalue weighted by Crippen LogP contribution is -2.39. The lowest BCUT2D eigenvalue weighted by atomic mass is 10.1. The van der Waals surface area contributed by atoms with Crippen LogP contribution in [0.3, 0.4) is 0 Å². The second kappa shape index (κ2) is 9.08. The molecule has 0 aliphatic heterocycles. The SMILES string of the molecule is COC(=O)CC(NC(=O)C(C)Oc1ccc(Cl)cc1Cl)c1cccs1. The van der Waals surface area contributed by atoms with Crippen molar-refractivity contribution in [3.63, 3.8) is 0 Å². The van der Waals surface area contributed by atoms with E-state index in [1.165, 1.54) is 24.5 Å². The van der Waals surface area contributed by atoms with Gasteiger partial charge in [-0.1, -0.05) is 29.3 Å². The molecule has 25 heavy (non-hydrogen) atoms. The Morgan fingerprint density at radius 2 is 2.04 bits per heavy atom. The van der Waals surface area contributed by atoms with Crippen molar-refractivity contribution in [3.8, 4) is 5.75 Å². The number of carbonyl (C=O) groups excluding carboxylic acids is 2. The highest BCUT2D eigenvalue weighted by atomic mass is 35.5. The number of methoxy groups -OCH3 is 1. The Kier molecular flexibility index (Phi) is 7.11. The summed E-state index contributed by atoms with van der Waals surface area (Å²) in [5.74, 6) is -0.421. The van der Waals surface area contributed by atoms with Crippen LogP contribution < -0.4 is 10.1 Å². The Morgan fingerprint density at radius 3 is 2.64 bits per heavy atom. The van der Waals surface area contributed by atoms with Crippen molar-refractivity contribution in [3.05, 3.63) is 50.6 Å². The third-order valence-electron chi connectivity index (χ3n) is 3.37. The summed E-state index contributed by atoms with van der Waals surface area (Å²) in [4.78, 5) is 24.9. The number of ether oxygens (including phenoxy) is 2. The van der Waals surface area contributed by atoms with Crippen LogP contribution in [-0.4, -0.2) is 25.1 Å². The summed E-state index contributed by atoms with van der Waals surface area (Å²) in [6.45, 7) is 1.60. The first-order valence-corrected chi connectivity index (χ1v) is 9.06. The molecular weight excluding hydrogens is 385 g/mol. The summed E-state index contributed by atoms with van der Waals surface area (Å²) in [7, 11) is 1.31. The highest BCUT2D eigenvalue weighted by Crippen LogP contribution is 2.28. The Morgan fingerprint density at radius 1 is 1.28 bits per heavy atom. The third-order valence-corrected chi connectivity index (χ3v) is 4.88. The van der Waals surface area contributed by atoms with Crippen LogP contribution in [0.1, 0.15) is 24.3 Å². The minimum absolute atomic E-state index is 0.0389. The number of thiophene rings is 1. The number of esters is 1. The summed E-state index contributed by atoms with van der Waals surface area (Å²) < 4.78 is 10.3. The molecule has 8 heteroatoms. The smallest absolute Gasteiger partial charge is 0.307 e. The van der Waals surface area contributed by atoms with E-state index in [0.29, 0.717) is 15.8 Å². The summed E-state index contributed by atoms with van der Waals surface area (Å²) in [6.07, 6.45) is -0.768. The van der Waals surface area contributed by atoms with Gasteiger partial charge in [0.15, 0.2) is 6.10 Å². The molecule has 0 radical (unpaired) electrons. The highest BCUT2D eigenvalue weighted by Gasteiger charge is 2.24. The van der Waals surface area contributed by atoms with Crippen molar-refractivity contribution < 1.29 is 19.1 Å². The van der Waals surface area contributed by atoms with Crippen molar-refractivity contribution >= 4 is 46.4 Å². The molecule has 5 nitrogen and oxygen atoms in total. The van der Waals surface area contributed by atoms with Gasteiger partial charge in [-0.2, -0.15) is 0 Å². The maximum atomic E-state index is 12.4. The van der Waals surface area contributed by atoms with E-state index in [-0.39, 0.29) is 12.3 Å². The van der Waals surface area contributed by atoms with Crippen LogP contribution in [0.4, 0.5) is 0 Å². The Hall–Kier alpha value is -1.76. The van der Waals surface area contributed by atoms with Crippen LogP contribution in [0, 0.1) is 0 Å². The van der Waals surface area contributed by atoms with E-state index in [1.807, 2.05) is 17.5 Å². The standard InChI is InChI=1S/C17H17Cl2NO4S/c1-10(24-14-6-5-11(18)8-12(14)19)17(22)20-13(9-16(21)23-2)15-4-3-7-25-15/h3-8,10,13H,9H2,1-2H3,(H,20,22). The second-order valence-electron chi connectivity index (χ2n) is 5.19. The van der Waals surface area contributed by atoms with Crippen molar-refractivity contribution in [1.29, 1.82) is 0 Å². The Bertz CT molecular complexity index is 736. The first-order valence-electron chi connectivity index (χ1n) is 7.43. The van der Waals surface area contributed by atoms with Gasteiger partial charge in [0.25, 0.3) is 5.91 Å². The first kappa shape index (κ1) is 19.6. The molecule has 2 rings (SSSR count). The van der Waals surface area contributed by atoms with Gasteiger partial charge in [-0.25, -0.2) is 0 Å². The fraction of sp³-hybridized carbons (Fsp3) is 0.294. The minimum atomic E-state index is -0.807. The van der Waals surface area contributed by atoms with Crippen LogP contribution in [0.25, 0.3) is 0 Å². The predicted molar refractivity (Wildman–Crippen MR) is 98.4 cm³/mol. The average Bonchev–Trinajstić information content (AvgIpc) is 3.10. The predicted octanol–water partition coefficient (Wildman–Crippen LogP) is 4.24. The topological polar surface area (TPSA) is 64.6 Å². The molecule has 2 unspecified atom stereocenters. The lowest BCUT2D eigenvalue weighted by molar-refractivity contribution is -0.141. The summed E-state index contributed by atoms with van der Waals surface area (Å²) in [6, 6.07) is 7.98. The van der Waals surface area contributed by atoms with Crippen molar-refractivity contribution in [2.75, 3.05) is 7.11 Å².